The first-order chi connectivity index (χ1) is 17.5. The van der Waals surface area contributed by atoms with Crippen molar-refractivity contribution in [3.05, 3.63) is 22.7 Å². The largest absolute Gasteiger partial charge is 0.480 e. The number of hydrogen-bond donors (Lipinski definition) is 1. The van der Waals surface area contributed by atoms with Gasteiger partial charge in [0.15, 0.2) is 5.79 Å². The third kappa shape index (κ3) is 4.39. The van der Waals surface area contributed by atoms with Gasteiger partial charge in [0, 0.05) is 67.8 Å². The molecule has 0 aromatic carbocycles. The van der Waals surface area contributed by atoms with Gasteiger partial charge in [0.05, 0.1) is 55.1 Å². The average molecular weight is 513 g/mol. The number of pyridine rings is 1. The average Bonchev–Trinajstić information content (AvgIpc) is 3.49. The van der Waals surface area contributed by atoms with Gasteiger partial charge in [-0.25, -0.2) is 15.0 Å². The van der Waals surface area contributed by atoms with Crippen LogP contribution in [0.25, 0.3) is 21.5 Å². The first-order valence-electron chi connectivity index (χ1n) is 12.5. The summed E-state index contributed by atoms with van der Waals surface area (Å²) in [4.78, 5) is 20.5. The highest BCUT2D eigenvalue weighted by Crippen LogP contribution is 2.40. The molecule has 3 aromatic heterocycles. The lowest BCUT2D eigenvalue weighted by Gasteiger charge is -2.37. The molecule has 0 aliphatic carbocycles. The lowest BCUT2D eigenvalue weighted by Crippen LogP contribution is -2.44. The molecule has 0 atom stereocenters. The fourth-order valence-electron chi connectivity index (χ4n) is 5.24. The molecule has 3 fully saturated rings. The molecule has 11 heteroatoms. The fraction of sp³-hybridized carbons (Fsp3) is 0.560. The first kappa shape index (κ1) is 23.8. The number of aromatic nitrogens is 3. The number of fused-ring (bicyclic) bond motifs is 1. The molecule has 0 bridgehead atoms. The first-order valence-corrected chi connectivity index (χ1v) is 13.3. The summed E-state index contributed by atoms with van der Waals surface area (Å²) in [5, 5.41) is 0. The van der Waals surface area contributed by atoms with Gasteiger partial charge >= 0.3 is 0 Å². The van der Waals surface area contributed by atoms with Gasteiger partial charge in [0.25, 0.3) is 0 Å². The Hall–Kier alpha value is -2.57. The van der Waals surface area contributed by atoms with E-state index in [1.54, 1.807) is 24.6 Å². The molecule has 3 aliphatic heterocycles. The number of nitrogens with zero attached hydrogens (tertiary/aromatic N) is 5. The van der Waals surface area contributed by atoms with Crippen molar-refractivity contribution in [3.8, 4) is 17.1 Å². The number of nitrogen functional groups attached to an aromatic ring is 1. The van der Waals surface area contributed by atoms with Crippen molar-refractivity contribution in [2.75, 3.05) is 70.3 Å². The molecule has 6 rings (SSSR count). The van der Waals surface area contributed by atoms with E-state index in [2.05, 4.69) is 21.7 Å². The second kappa shape index (κ2) is 9.71. The minimum absolute atomic E-state index is 0.373. The topological polar surface area (TPSA) is 108 Å². The van der Waals surface area contributed by atoms with E-state index >= 15 is 0 Å². The van der Waals surface area contributed by atoms with Crippen LogP contribution in [0.2, 0.25) is 0 Å². The number of hydrogen-bond acceptors (Lipinski definition) is 11. The van der Waals surface area contributed by atoms with Crippen LogP contribution in [0.3, 0.4) is 0 Å². The minimum Gasteiger partial charge on any atom is -0.480 e. The highest BCUT2D eigenvalue weighted by molar-refractivity contribution is 7.19. The van der Waals surface area contributed by atoms with Crippen LogP contribution in [0.15, 0.2) is 12.3 Å². The fourth-order valence-corrected chi connectivity index (χ4v) is 6.35. The van der Waals surface area contributed by atoms with Gasteiger partial charge in [-0.2, -0.15) is 0 Å². The molecule has 6 heterocycles. The molecule has 0 radical (unpaired) electrons. The second-order valence-corrected chi connectivity index (χ2v) is 10.7. The van der Waals surface area contributed by atoms with E-state index in [1.807, 2.05) is 6.07 Å². The van der Waals surface area contributed by atoms with Crippen LogP contribution in [0.1, 0.15) is 23.3 Å². The van der Waals surface area contributed by atoms with E-state index in [4.69, 9.17) is 34.6 Å². The highest BCUT2D eigenvalue weighted by atomic mass is 32.1. The Balaban J connectivity index is 1.38. The molecule has 0 amide bonds. The number of morpholine rings is 1. The van der Waals surface area contributed by atoms with Crippen LogP contribution < -0.4 is 15.4 Å². The van der Waals surface area contributed by atoms with Crippen LogP contribution in [-0.4, -0.2) is 85.4 Å². The van der Waals surface area contributed by atoms with Crippen LogP contribution in [0.5, 0.6) is 5.88 Å². The summed E-state index contributed by atoms with van der Waals surface area (Å²) < 4.78 is 23.7. The Kier molecular flexibility index (Phi) is 6.42. The molecule has 0 saturated carbocycles. The number of likely N-dealkylation sites (tertiary alicyclic amines) is 1. The van der Waals surface area contributed by atoms with E-state index in [0.29, 0.717) is 38.0 Å². The number of piperidine rings is 1. The van der Waals surface area contributed by atoms with Crippen LogP contribution in [0, 0.1) is 6.92 Å². The Bertz CT molecular complexity index is 1250. The summed E-state index contributed by atoms with van der Waals surface area (Å²) in [5.74, 6) is 0.765. The third-order valence-corrected chi connectivity index (χ3v) is 8.42. The zero-order valence-corrected chi connectivity index (χ0v) is 21.6. The van der Waals surface area contributed by atoms with Gasteiger partial charge in [0.2, 0.25) is 11.8 Å². The molecular formula is C25H32N6O4S. The SMILES string of the molecule is COc1ncc(-c2nc(N3CCOCC3)nc3c(CN4CCC5(CC4)OCCO5)c(C)sc23)cc1N. The standard InChI is InChI=1S/C25H32N6O4S/c1-16-18(15-30-5-3-25(4-6-30)34-11-12-35-25)21-22(36-16)20(17-13-19(26)23(32-2)27-14-17)28-24(29-21)31-7-9-33-10-8-31/h13-14H,3-12,15,26H2,1-2H3. The molecule has 36 heavy (non-hydrogen) atoms. The quantitative estimate of drug-likeness (QED) is 0.548. The van der Waals surface area contributed by atoms with Crippen molar-refractivity contribution >= 4 is 33.2 Å². The number of thiophene rings is 1. The van der Waals surface area contributed by atoms with Crippen molar-refractivity contribution in [1.29, 1.82) is 0 Å². The van der Waals surface area contributed by atoms with Crippen LogP contribution in [0.4, 0.5) is 11.6 Å². The van der Waals surface area contributed by atoms with Gasteiger partial charge in [0.1, 0.15) is 0 Å². The number of ether oxygens (including phenoxy) is 4. The van der Waals surface area contributed by atoms with Crippen molar-refractivity contribution in [2.24, 2.45) is 0 Å². The molecule has 192 valence electrons. The van der Waals surface area contributed by atoms with Gasteiger partial charge in [-0.05, 0) is 13.0 Å². The normalized spacial score (nSPS) is 20.4. The van der Waals surface area contributed by atoms with E-state index in [1.165, 1.54) is 10.4 Å². The van der Waals surface area contributed by atoms with Crippen molar-refractivity contribution < 1.29 is 18.9 Å². The monoisotopic (exact) mass is 512 g/mol. The smallest absolute Gasteiger partial charge is 0.236 e. The minimum atomic E-state index is -0.373. The predicted octanol–water partition coefficient (Wildman–Crippen LogP) is 2.83. The molecule has 3 aliphatic rings. The van der Waals surface area contributed by atoms with Crippen molar-refractivity contribution in [3.63, 3.8) is 0 Å². The summed E-state index contributed by atoms with van der Waals surface area (Å²) in [6.07, 6.45) is 3.56. The van der Waals surface area contributed by atoms with Gasteiger partial charge in [-0.3, -0.25) is 4.90 Å². The lowest BCUT2D eigenvalue weighted by molar-refractivity contribution is -0.185. The highest BCUT2D eigenvalue weighted by Gasteiger charge is 2.40. The summed E-state index contributed by atoms with van der Waals surface area (Å²) >= 11 is 1.73. The number of nitrogens with two attached hydrogens (primary N) is 1. The zero-order valence-electron chi connectivity index (χ0n) is 20.8. The number of anilines is 2. The van der Waals surface area contributed by atoms with E-state index in [-0.39, 0.29) is 5.79 Å². The van der Waals surface area contributed by atoms with Gasteiger partial charge in [-0.15, -0.1) is 11.3 Å². The second-order valence-electron chi connectivity index (χ2n) is 9.49. The Morgan fingerprint density at radius 3 is 2.53 bits per heavy atom. The lowest BCUT2D eigenvalue weighted by atomic mass is 10.0. The predicted molar refractivity (Wildman–Crippen MR) is 139 cm³/mol. The maximum Gasteiger partial charge on any atom is 0.236 e. The molecule has 0 unspecified atom stereocenters. The maximum absolute atomic E-state index is 6.22. The number of rotatable bonds is 5. The molecular weight excluding hydrogens is 480 g/mol. The molecule has 10 nitrogen and oxygen atoms in total. The third-order valence-electron chi connectivity index (χ3n) is 7.27. The van der Waals surface area contributed by atoms with E-state index in [0.717, 1.165) is 73.0 Å². The summed E-state index contributed by atoms with van der Waals surface area (Å²) in [6, 6.07) is 1.89. The molecule has 1 spiro atoms. The van der Waals surface area contributed by atoms with Crippen LogP contribution >= 0.6 is 11.3 Å². The van der Waals surface area contributed by atoms with Crippen LogP contribution in [-0.2, 0) is 20.8 Å². The zero-order chi connectivity index (χ0) is 24.7. The number of aryl methyl sites for hydroxylation is 1. The van der Waals surface area contributed by atoms with Crippen molar-refractivity contribution in [1.82, 2.24) is 19.9 Å². The van der Waals surface area contributed by atoms with Gasteiger partial charge < -0.3 is 29.6 Å². The maximum atomic E-state index is 6.22. The molecule has 3 saturated heterocycles. The van der Waals surface area contributed by atoms with Crippen molar-refractivity contribution in [2.45, 2.75) is 32.1 Å². The molecule has 3 aromatic rings. The number of methoxy groups -OCH3 is 1. The Morgan fingerprint density at radius 2 is 1.83 bits per heavy atom. The summed E-state index contributed by atoms with van der Waals surface area (Å²) in [6.45, 7) is 9.15. The molecule has 2 N–H and O–H groups in total. The summed E-state index contributed by atoms with van der Waals surface area (Å²) in [7, 11) is 1.57. The van der Waals surface area contributed by atoms with Gasteiger partial charge in [-0.1, -0.05) is 0 Å². The Morgan fingerprint density at radius 1 is 1.08 bits per heavy atom. The summed E-state index contributed by atoms with van der Waals surface area (Å²) in [5.41, 5.74) is 10.7. The Labute approximate surface area is 214 Å². The van der Waals surface area contributed by atoms with E-state index < -0.39 is 0 Å². The van der Waals surface area contributed by atoms with E-state index in [9.17, 15) is 0 Å².